The van der Waals surface area contributed by atoms with Gasteiger partial charge in [-0.05, 0) is 45.2 Å². The quantitative estimate of drug-likeness (QED) is 0.579. The zero-order valence-electron chi connectivity index (χ0n) is 10.3. The number of hydrogen-bond donors (Lipinski definition) is 1. The minimum Gasteiger partial charge on any atom is -0.378 e. The molecule has 2 heteroatoms. The van der Waals surface area contributed by atoms with Crippen LogP contribution >= 0.6 is 0 Å². The molecule has 0 rings (SSSR count). The van der Waals surface area contributed by atoms with Gasteiger partial charge in [0.2, 0.25) is 0 Å². The summed E-state index contributed by atoms with van der Waals surface area (Å²) in [5.74, 6) is 0.633. The number of nitrogens with one attached hydrogen (secondary N) is 1. The first kappa shape index (κ1) is 13.9. The normalized spacial score (nSPS) is 13.5. The van der Waals surface area contributed by atoms with Gasteiger partial charge in [0.25, 0.3) is 0 Å². The number of hydrogen-bond acceptors (Lipinski definition) is 2. The van der Waals surface area contributed by atoms with Gasteiger partial charge in [0.05, 0.1) is 6.10 Å². The second-order valence-electron chi connectivity index (χ2n) is 4.28. The molecule has 0 heterocycles. The van der Waals surface area contributed by atoms with Crippen LogP contribution in [0.2, 0.25) is 0 Å². The maximum absolute atomic E-state index is 5.68. The summed E-state index contributed by atoms with van der Waals surface area (Å²) in [6.45, 7) is 11.9. The van der Waals surface area contributed by atoms with Crippen LogP contribution in [0.15, 0.2) is 0 Å². The Morgan fingerprint density at radius 2 is 1.79 bits per heavy atom. The van der Waals surface area contributed by atoms with Gasteiger partial charge < -0.3 is 10.1 Å². The third-order valence-corrected chi connectivity index (χ3v) is 2.49. The predicted molar refractivity (Wildman–Crippen MR) is 62.6 cm³/mol. The highest BCUT2D eigenvalue weighted by Gasteiger charge is 2.05. The fraction of sp³-hybridized carbons (Fsp3) is 1.00. The van der Waals surface area contributed by atoms with Gasteiger partial charge in [0.15, 0.2) is 0 Å². The molecule has 14 heavy (non-hydrogen) atoms. The van der Waals surface area contributed by atoms with E-state index in [4.69, 9.17) is 4.74 Å². The zero-order chi connectivity index (χ0) is 10.8. The van der Waals surface area contributed by atoms with Crippen LogP contribution in [-0.2, 0) is 4.74 Å². The number of unbranched alkanes of at least 4 members (excludes halogenated alkanes) is 1. The molecule has 0 aromatic heterocycles. The maximum Gasteiger partial charge on any atom is 0.0569 e. The molecule has 2 nitrogen and oxygen atoms in total. The summed E-state index contributed by atoms with van der Waals surface area (Å²) in [4.78, 5) is 0. The van der Waals surface area contributed by atoms with E-state index in [9.17, 15) is 0 Å². The molecular weight excluding hydrogens is 174 g/mol. The summed E-state index contributed by atoms with van der Waals surface area (Å²) >= 11 is 0. The second-order valence-corrected chi connectivity index (χ2v) is 4.28. The van der Waals surface area contributed by atoms with Crippen LogP contribution in [0.25, 0.3) is 0 Å². The third-order valence-electron chi connectivity index (χ3n) is 2.49. The van der Waals surface area contributed by atoms with Crippen LogP contribution in [0.4, 0.5) is 0 Å². The Morgan fingerprint density at radius 3 is 2.36 bits per heavy atom. The highest BCUT2D eigenvalue weighted by molar-refractivity contribution is 4.54. The van der Waals surface area contributed by atoms with E-state index in [1.54, 1.807) is 0 Å². The van der Waals surface area contributed by atoms with Crippen molar-refractivity contribution in [2.75, 3.05) is 19.7 Å². The first-order chi connectivity index (χ1) is 6.68. The minimum absolute atomic E-state index is 0.401. The summed E-state index contributed by atoms with van der Waals surface area (Å²) in [5, 5.41) is 3.39. The molecule has 0 aromatic rings. The third kappa shape index (κ3) is 8.52. The van der Waals surface area contributed by atoms with E-state index in [1.807, 2.05) is 0 Å². The van der Waals surface area contributed by atoms with Gasteiger partial charge in [-0.2, -0.15) is 0 Å². The average molecular weight is 201 g/mol. The van der Waals surface area contributed by atoms with E-state index in [2.05, 4.69) is 33.0 Å². The fourth-order valence-electron chi connectivity index (χ4n) is 1.12. The number of ether oxygens (including phenoxy) is 1. The molecular formula is C12H27NO. The Bertz CT molecular complexity index is 115. The lowest BCUT2D eigenvalue weighted by Crippen LogP contribution is -2.18. The lowest BCUT2D eigenvalue weighted by Gasteiger charge is -2.16. The smallest absolute Gasteiger partial charge is 0.0569 e. The summed E-state index contributed by atoms with van der Waals surface area (Å²) in [5.41, 5.74) is 0. The van der Waals surface area contributed by atoms with Crippen LogP contribution < -0.4 is 5.32 Å². The van der Waals surface area contributed by atoms with Crippen LogP contribution in [0, 0.1) is 5.92 Å². The van der Waals surface area contributed by atoms with Crippen molar-refractivity contribution in [2.45, 2.75) is 53.1 Å². The Hall–Kier alpha value is -0.0800. The molecule has 0 aromatic carbocycles. The van der Waals surface area contributed by atoms with Crippen molar-refractivity contribution >= 4 is 0 Å². The van der Waals surface area contributed by atoms with Gasteiger partial charge in [0.1, 0.15) is 0 Å². The van der Waals surface area contributed by atoms with Crippen molar-refractivity contribution in [3.63, 3.8) is 0 Å². The number of rotatable bonds is 9. The molecule has 0 fully saturated rings. The first-order valence-corrected chi connectivity index (χ1v) is 6.00. The van der Waals surface area contributed by atoms with E-state index in [1.165, 1.54) is 19.3 Å². The van der Waals surface area contributed by atoms with Crippen LogP contribution in [0.3, 0.4) is 0 Å². The Labute approximate surface area is 89.4 Å². The van der Waals surface area contributed by atoms with Crippen LogP contribution in [0.5, 0.6) is 0 Å². The SMILES string of the molecule is CCCNCCCCOC(C)C(C)C. The van der Waals surface area contributed by atoms with Crippen molar-refractivity contribution in [3.05, 3.63) is 0 Å². The summed E-state index contributed by atoms with van der Waals surface area (Å²) in [6.07, 6.45) is 4.03. The molecule has 0 spiro atoms. The fourth-order valence-corrected chi connectivity index (χ4v) is 1.12. The zero-order valence-corrected chi connectivity index (χ0v) is 10.3. The van der Waals surface area contributed by atoms with Gasteiger partial charge in [-0.15, -0.1) is 0 Å². The van der Waals surface area contributed by atoms with Crippen LogP contribution in [-0.4, -0.2) is 25.8 Å². The predicted octanol–water partition coefficient (Wildman–Crippen LogP) is 2.83. The molecule has 0 saturated heterocycles. The maximum atomic E-state index is 5.68. The summed E-state index contributed by atoms with van der Waals surface area (Å²) < 4.78 is 5.68. The van der Waals surface area contributed by atoms with E-state index in [0.29, 0.717) is 12.0 Å². The average Bonchev–Trinajstić information content (AvgIpc) is 2.16. The molecule has 0 aliphatic rings. The van der Waals surface area contributed by atoms with E-state index in [-0.39, 0.29) is 0 Å². The van der Waals surface area contributed by atoms with Gasteiger partial charge in [-0.25, -0.2) is 0 Å². The highest BCUT2D eigenvalue weighted by Crippen LogP contribution is 2.05. The monoisotopic (exact) mass is 201 g/mol. The van der Waals surface area contributed by atoms with E-state index in [0.717, 1.165) is 19.7 Å². The lowest BCUT2D eigenvalue weighted by molar-refractivity contribution is 0.0334. The van der Waals surface area contributed by atoms with Gasteiger partial charge >= 0.3 is 0 Å². The van der Waals surface area contributed by atoms with Crippen molar-refractivity contribution in [1.29, 1.82) is 0 Å². The summed E-state index contributed by atoms with van der Waals surface area (Å²) in [7, 11) is 0. The Morgan fingerprint density at radius 1 is 1.07 bits per heavy atom. The molecule has 1 N–H and O–H groups in total. The topological polar surface area (TPSA) is 21.3 Å². The van der Waals surface area contributed by atoms with Crippen molar-refractivity contribution in [2.24, 2.45) is 5.92 Å². The van der Waals surface area contributed by atoms with Crippen molar-refractivity contribution in [1.82, 2.24) is 5.32 Å². The molecule has 1 unspecified atom stereocenters. The molecule has 0 saturated carbocycles. The lowest BCUT2D eigenvalue weighted by atomic mass is 10.1. The molecule has 0 bridgehead atoms. The first-order valence-electron chi connectivity index (χ1n) is 6.00. The molecule has 86 valence electrons. The standard InChI is InChI=1S/C12H27NO/c1-5-8-13-9-6-7-10-14-12(4)11(2)3/h11-13H,5-10H2,1-4H3. The molecule has 0 aliphatic carbocycles. The molecule has 0 radical (unpaired) electrons. The minimum atomic E-state index is 0.401. The van der Waals surface area contributed by atoms with Gasteiger partial charge in [-0.1, -0.05) is 20.8 Å². The summed E-state index contributed by atoms with van der Waals surface area (Å²) in [6, 6.07) is 0. The molecule has 1 atom stereocenters. The molecule has 0 aliphatic heterocycles. The largest absolute Gasteiger partial charge is 0.378 e. The van der Waals surface area contributed by atoms with E-state index < -0.39 is 0 Å². The van der Waals surface area contributed by atoms with E-state index >= 15 is 0 Å². The van der Waals surface area contributed by atoms with Crippen molar-refractivity contribution < 1.29 is 4.74 Å². The molecule has 0 amide bonds. The second kappa shape index (κ2) is 9.47. The van der Waals surface area contributed by atoms with Gasteiger partial charge in [0, 0.05) is 6.61 Å². The van der Waals surface area contributed by atoms with Crippen LogP contribution in [0.1, 0.15) is 47.0 Å². The highest BCUT2D eigenvalue weighted by atomic mass is 16.5. The Balaban J connectivity index is 3.06. The Kier molecular flexibility index (Phi) is 9.42. The van der Waals surface area contributed by atoms with Crippen molar-refractivity contribution in [3.8, 4) is 0 Å². The van der Waals surface area contributed by atoms with Gasteiger partial charge in [-0.3, -0.25) is 0 Å².